The normalized spacial score (nSPS) is 15.2. The number of rotatable bonds is 4. The van der Waals surface area contributed by atoms with E-state index in [4.69, 9.17) is 4.74 Å². The number of hydrogen-bond donors (Lipinski definition) is 0. The highest BCUT2D eigenvalue weighted by atomic mass is 32.2. The van der Waals surface area contributed by atoms with Crippen molar-refractivity contribution in [3.63, 3.8) is 0 Å². The number of piperazine rings is 1. The second kappa shape index (κ2) is 7.65. The third-order valence-electron chi connectivity index (χ3n) is 3.93. The molecular formula is C16H22N2O5S. The maximum absolute atomic E-state index is 12.7. The molecule has 0 spiro atoms. The first-order valence-corrected chi connectivity index (χ1v) is 9.58. The number of benzene rings is 1. The predicted octanol–water partition coefficient (Wildman–Crippen LogP) is 1.39. The van der Waals surface area contributed by atoms with Crippen LogP contribution in [-0.2, 0) is 14.6 Å². The van der Waals surface area contributed by atoms with Crippen molar-refractivity contribution in [2.75, 3.05) is 38.5 Å². The van der Waals surface area contributed by atoms with E-state index >= 15 is 0 Å². The van der Waals surface area contributed by atoms with Crippen molar-refractivity contribution >= 4 is 21.8 Å². The quantitative estimate of drug-likeness (QED) is 0.816. The molecule has 0 saturated carbocycles. The number of amides is 2. The van der Waals surface area contributed by atoms with Gasteiger partial charge in [0.15, 0.2) is 9.84 Å². The van der Waals surface area contributed by atoms with Crippen LogP contribution in [0.1, 0.15) is 24.2 Å². The van der Waals surface area contributed by atoms with Gasteiger partial charge >= 0.3 is 6.09 Å². The first-order valence-electron chi connectivity index (χ1n) is 7.93. The summed E-state index contributed by atoms with van der Waals surface area (Å²) in [5, 5.41) is 0. The van der Waals surface area contributed by atoms with Gasteiger partial charge in [-0.2, -0.15) is 0 Å². The lowest BCUT2D eigenvalue weighted by Crippen LogP contribution is -2.50. The van der Waals surface area contributed by atoms with Crippen molar-refractivity contribution in [2.24, 2.45) is 0 Å². The van der Waals surface area contributed by atoms with E-state index < -0.39 is 15.9 Å². The fourth-order valence-corrected chi connectivity index (χ4v) is 3.63. The monoisotopic (exact) mass is 354 g/mol. The Kier molecular flexibility index (Phi) is 5.82. The first-order chi connectivity index (χ1) is 11.4. The molecule has 0 aromatic heterocycles. The van der Waals surface area contributed by atoms with Crippen LogP contribution in [0.25, 0.3) is 0 Å². The average molecular weight is 354 g/mol. The fourth-order valence-electron chi connectivity index (χ4n) is 2.55. The van der Waals surface area contributed by atoms with Crippen LogP contribution in [-0.4, -0.2) is 68.8 Å². The van der Waals surface area contributed by atoms with E-state index in [9.17, 15) is 18.0 Å². The van der Waals surface area contributed by atoms with Crippen LogP contribution in [0.3, 0.4) is 0 Å². The molecule has 2 rings (SSSR count). The summed E-state index contributed by atoms with van der Waals surface area (Å²) in [6.45, 7) is 5.02. The van der Waals surface area contributed by atoms with E-state index in [2.05, 4.69) is 0 Å². The third kappa shape index (κ3) is 3.87. The van der Waals surface area contributed by atoms with Crippen molar-refractivity contribution in [3.8, 4) is 0 Å². The Bertz CT molecular complexity index is 709. The molecule has 0 radical (unpaired) electrons. The third-order valence-corrected chi connectivity index (χ3v) is 5.71. The molecule has 0 atom stereocenters. The molecule has 132 valence electrons. The summed E-state index contributed by atoms with van der Waals surface area (Å²) in [5.41, 5.74) is 0.184. The van der Waals surface area contributed by atoms with Gasteiger partial charge in [-0.05, 0) is 19.1 Å². The van der Waals surface area contributed by atoms with Gasteiger partial charge < -0.3 is 14.5 Å². The number of nitrogens with zero attached hydrogens (tertiary/aromatic N) is 2. The summed E-state index contributed by atoms with van der Waals surface area (Å²) >= 11 is 0. The SMILES string of the molecule is CCOC(=O)N1CCN(C(=O)c2ccccc2S(=O)(=O)CC)CC1. The number of sulfone groups is 1. The van der Waals surface area contributed by atoms with Gasteiger partial charge in [0.1, 0.15) is 0 Å². The van der Waals surface area contributed by atoms with E-state index in [1.54, 1.807) is 35.8 Å². The van der Waals surface area contributed by atoms with Crippen LogP contribution in [0.15, 0.2) is 29.2 Å². The molecule has 1 aliphatic rings. The minimum absolute atomic E-state index is 0.0605. The Hall–Kier alpha value is -2.09. The van der Waals surface area contributed by atoms with Crippen LogP contribution in [0.2, 0.25) is 0 Å². The fraction of sp³-hybridized carbons (Fsp3) is 0.500. The van der Waals surface area contributed by atoms with Crippen molar-refractivity contribution in [2.45, 2.75) is 18.7 Å². The Balaban J connectivity index is 2.13. The van der Waals surface area contributed by atoms with Gasteiger partial charge in [-0.25, -0.2) is 13.2 Å². The molecule has 0 N–H and O–H groups in total. The summed E-state index contributed by atoms with van der Waals surface area (Å²) in [5.74, 6) is -0.389. The zero-order valence-corrected chi connectivity index (χ0v) is 14.7. The van der Waals surface area contributed by atoms with E-state index in [1.165, 1.54) is 12.1 Å². The van der Waals surface area contributed by atoms with Crippen LogP contribution in [0, 0.1) is 0 Å². The van der Waals surface area contributed by atoms with E-state index in [1.807, 2.05) is 0 Å². The Morgan fingerprint density at radius 1 is 1.04 bits per heavy atom. The van der Waals surface area contributed by atoms with E-state index in [0.717, 1.165) is 0 Å². The van der Waals surface area contributed by atoms with Crippen LogP contribution in [0.5, 0.6) is 0 Å². The van der Waals surface area contributed by atoms with Gasteiger partial charge in [-0.15, -0.1) is 0 Å². The summed E-state index contributed by atoms with van der Waals surface area (Å²) in [6.07, 6.45) is -0.390. The van der Waals surface area contributed by atoms with Crippen LogP contribution < -0.4 is 0 Å². The lowest BCUT2D eigenvalue weighted by Gasteiger charge is -2.34. The van der Waals surface area contributed by atoms with Gasteiger partial charge in [-0.3, -0.25) is 4.79 Å². The Labute approximate surface area is 142 Å². The molecule has 1 fully saturated rings. The second-order valence-electron chi connectivity index (χ2n) is 5.38. The average Bonchev–Trinajstić information content (AvgIpc) is 2.61. The van der Waals surface area contributed by atoms with Crippen LogP contribution in [0.4, 0.5) is 4.79 Å². The topological polar surface area (TPSA) is 84.0 Å². The van der Waals surface area contributed by atoms with E-state index in [0.29, 0.717) is 32.8 Å². The van der Waals surface area contributed by atoms with Gasteiger partial charge in [-0.1, -0.05) is 19.1 Å². The number of ether oxygens (including phenoxy) is 1. The molecule has 8 heteroatoms. The lowest BCUT2D eigenvalue weighted by molar-refractivity contribution is 0.0567. The Morgan fingerprint density at radius 2 is 1.62 bits per heavy atom. The highest BCUT2D eigenvalue weighted by molar-refractivity contribution is 7.91. The minimum Gasteiger partial charge on any atom is -0.450 e. The molecule has 0 unspecified atom stereocenters. The van der Waals surface area contributed by atoms with E-state index in [-0.39, 0.29) is 22.1 Å². The van der Waals surface area contributed by atoms with Crippen molar-refractivity contribution in [1.29, 1.82) is 0 Å². The summed E-state index contributed by atoms with van der Waals surface area (Å²) < 4.78 is 29.3. The molecule has 1 heterocycles. The molecular weight excluding hydrogens is 332 g/mol. The molecule has 1 aromatic rings. The van der Waals surface area contributed by atoms with Crippen molar-refractivity contribution in [1.82, 2.24) is 9.80 Å². The maximum atomic E-state index is 12.7. The van der Waals surface area contributed by atoms with Gasteiger partial charge in [0.2, 0.25) is 0 Å². The second-order valence-corrected chi connectivity index (χ2v) is 7.62. The highest BCUT2D eigenvalue weighted by Gasteiger charge is 2.28. The zero-order chi connectivity index (χ0) is 17.7. The van der Waals surface area contributed by atoms with Crippen LogP contribution >= 0.6 is 0 Å². The van der Waals surface area contributed by atoms with Crippen molar-refractivity contribution in [3.05, 3.63) is 29.8 Å². The number of carbonyl (C=O) groups excluding carboxylic acids is 2. The lowest BCUT2D eigenvalue weighted by atomic mass is 10.2. The highest BCUT2D eigenvalue weighted by Crippen LogP contribution is 2.19. The standard InChI is InChI=1S/C16H22N2O5S/c1-3-23-16(20)18-11-9-17(10-12-18)15(19)13-7-5-6-8-14(13)24(21,22)4-2/h5-8H,3-4,9-12H2,1-2H3. The van der Waals surface area contributed by atoms with Gasteiger partial charge in [0.05, 0.1) is 22.8 Å². The molecule has 7 nitrogen and oxygen atoms in total. The molecule has 2 amide bonds. The molecule has 1 saturated heterocycles. The number of carbonyl (C=O) groups is 2. The first kappa shape index (κ1) is 18.3. The molecule has 24 heavy (non-hydrogen) atoms. The largest absolute Gasteiger partial charge is 0.450 e. The smallest absolute Gasteiger partial charge is 0.409 e. The van der Waals surface area contributed by atoms with Gasteiger partial charge in [0, 0.05) is 26.2 Å². The van der Waals surface area contributed by atoms with Gasteiger partial charge in [0.25, 0.3) is 5.91 Å². The predicted molar refractivity (Wildman–Crippen MR) is 88.7 cm³/mol. The Morgan fingerprint density at radius 3 is 2.21 bits per heavy atom. The molecule has 1 aliphatic heterocycles. The summed E-state index contributed by atoms with van der Waals surface area (Å²) in [6, 6.07) is 6.25. The number of hydrogen-bond acceptors (Lipinski definition) is 5. The summed E-state index contributed by atoms with van der Waals surface area (Å²) in [7, 11) is -3.48. The zero-order valence-electron chi connectivity index (χ0n) is 13.9. The van der Waals surface area contributed by atoms with Crippen molar-refractivity contribution < 1.29 is 22.7 Å². The molecule has 0 bridgehead atoms. The maximum Gasteiger partial charge on any atom is 0.409 e. The summed E-state index contributed by atoms with van der Waals surface area (Å²) in [4.78, 5) is 27.6. The minimum atomic E-state index is -3.48. The molecule has 1 aromatic carbocycles. The molecule has 0 aliphatic carbocycles.